The van der Waals surface area contributed by atoms with Gasteiger partial charge in [-0.2, -0.15) is 0 Å². The minimum atomic E-state index is -2.60. The van der Waals surface area contributed by atoms with E-state index < -0.39 is 13.0 Å². The van der Waals surface area contributed by atoms with E-state index in [1.54, 1.807) is 6.07 Å². The largest absolute Gasteiger partial charge is 0.479 e. The zero-order valence-corrected chi connectivity index (χ0v) is 18.8. The molecule has 0 aliphatic rings. The predicted molar refractivity (Wildman–Crippen MR) is 129 cm³/mol. The van der Waals surface area contributed by atoms with Crippen LogP contribution in [0.3, 0.4) is 0 Å². The highest BCUT2D eigenvalue weighted by atomic mass is 31.2. The Morgan fingerprint density at radius 2 is 1.22 bits per heavy atom. The molecule has 0 N–H and O–H groups in total. The van der Waals surface area contributed by atoms with Crippen molar-refractivity contribution in [3.63, 3.8) is 0 Å². The van der Waals surface area contributed by atoms with Crippen molar-refractivity contribution < 1.29 is 14.3 Å². The van der Waals surface area contributed by atoms with Crippen molar-refractivity contribution in [1.82, 2.24) is 4.98 Å². The summed E-state index contributed by atoms with van der Waals surface area (Å²) in [6.45, 7) is 0. The lowest BCUT2D eigenvalue weighted by atomic mass is 10.2. The average Bonchev–Trinajstić information content (AvgIpc) is 2.88. The Bertz CT molecular complexity index is 1160. The maximum absolute atomic E-state index is 12.6. The fraction of sp³-hybridized carbons (Fsp3) is 0.0769. The molecule has 0 atom stereocenters. The van der Waals surface area contributed by atoms with Crippen LogP contribution in [0.2, 0.25) is 0 Å². The SMILES string of the molecule is COC(=O)c1ccnc(OC)c1N=P(c1ccccc1)(c1ccccc1)c1ccccc1. The van der Waals surface area contributed by atoms with E-state index >= 15 is 0 Å². The summed E-state index contributed by atoms with van der Waals surface area (Å²) < 4.78 is 15.9. The highest BCUT2D eigenvalue weighted by Crippen LogP contribution is 2.51. The number of rotatable bonds is 6. The summed E-state index contributed by atoms with van der Waals surface area (Å²) in [5.74, 6) is -0.211. The molecule has 160 valence electrons. The molecule has 1 aromatic heterocycles. The molecule has 5 nitrogen and oxygen atoms in total. The average molecular weight is 442 g/mol. The molecule has 0 saturated heterocycles. The summed E-state index contributed by atoms with van der Waals surface area (Å²) in [5, 5.41) is 3.16. The molecule has 0 spiro atoms. The molecule has 6 heteroatoms. The van der Waals surface area contributed by atoms with E-state index in [1.807, 2.05) is 54.6 Å². The number of nitrogens with zero attached hydrogens (tertiary/aromatic N) is 2. The first-order chi connectivity index (χ1) is 15.7. The van der Waals surface area contributed by atoms with Crippen molar-refractivity contribution in [2.45, 2.75) is 0 Å². The fourth-order valence-electron chi connectivity index (χ4n) is 3.66. The third kappa shape index (κ3) is 3.95. The zero-order chi connectivity index (χ0) is 22.4. The molecule has 0 radical (unpaired) electrons. The van der Waals surface area contributed by atoms with E-state index in [9.17, 15) is 4.79 Å². The number of pyridine rings is 1. The molecule has 0 aliphatic heterocycles. The second-order valence-corrected chi connectivity index (χ2v) is 9.97. The van der Waals surface area contributed by atoms with E-state index in [0.29, 0.717) is 11.3 Å². The van der Waals surface area contributed by atoms with Gasteiger partial charge in [0.05, 0.1) is 26.8 Å². The van der Waals surface area contributed by atoms with Gasteiger partial charge in [-0.05, 0) is 6.07 Å². The first-order valence-electron chi connectivity index (χ1n) is 10.1. The summed E-state index contributed by atoms with van der Waals surface area (Å²) >= 11 is 0. The van der Waals surface area contributed by atoms with E-state index in [1.165, 1.54) is 20.4 Å². The van der Waals surface area contributed by atoms with Gasteiger partial charge >= 0.3 is 5.97 Å². The monoisotopic (exact) mass is 442 g/mol. The third-order valence-electron chi connectivity index (χ3n) is 5.13. The standard InChI is InChI=1S/C26H23N2O3P/c1-30-25-24(23(18-19-27-25)26(29)31-2)28-32(20-12-6-3-7-13-20,21-14-8-4-9-15-21)22-16-10-5-11-17-22/h3-19H,1-2H3. The lowest BCUT2D eigenvalue weighted by Crippen LogP contribution is -2.25. The maximum Gasteiger partial charge on any atom is 0.340 e. The number of methoxy groups -OCH3 is 2. The van der Waals surface area contributed by atoms with Gasteiger partial charge in [-0.3, -0.25) is 0 Å². The molecular weight excluding hydrogens is 419 g/mol. The molecule has 32 heavy (non-hydrogen) atoms. The number of hydrogen-bond donors (Lipinski definition) is 0. The number of esters is 1. The molecule has 0 unspecified atom stereocenters. The lowest BCUT2D eigenvalue weighted by molar-refractivity contribution is 0.0601. The molecule has 4 aromatic rings. The summed E-state index contributed by atoms with van der Waals surface area (Å²) in [4.78, 5) is 17.0. The minimum Gasteiger partial charge on any atom is -0.479 e. The van der Waals surface area contributed by atoms with Crippen molar-refractivity contribution in [2.75, 3.05) is 14.2 Å². The third-order valence-corrected chi connectivity index (χ3v) is 8.77. The normalized spacial score (nSPS) is 10.9. The van der Waals surface area contributed by atoms with E-state index in [-0.39, 0.29) is 5.88 Å². The molecule has 1 heterocycles. The van der Waals surface area contributed by atoms with Crippen LogP contribution in [-0.4, -0.2) is 25.2 Å². The van der Waals surface area contributed by atoms with E-state index in [2.05, 4.69) is 41.4 Å². The summed E-state index contributed by atoms with van der Waals surface area (Å²) in [7, 11) is 0.283. The van der Waals surface area contributed by atoms with Gasteiger partial charge in [0.2, 0.25) is 5.88 Å². The van der Waals surface area contributed by atoms with Crippen LogP contribution in [0.5, 0.6) is 5.88 Å². The van der Waals surface area contributed by atoms with Gasteiger partial charge in [-0.15, -0.1) is 0 Å². The molecule has 0 bridgehead atoms. The number of hydrogen-bond acceptors (Lipinski definition) is 5. The van der Waals surface area contributed by atoms with E-state index in [4.69, 9.17) is 14.2 Å². The molecule has 0 fully saturated rings. The molecule has 0 amide bonds. The van der Waals surface area contributed by atoms with Crippen LogP contribution in [0.15, 0.2) is 108 Å². The summed E-state index contributed by atoms with van der Waals surface area (Å²) in [6.07, 6.45) is 1.53. The van der Waals surface area contributed by atoms with Crippen LogP contribution in [0.1, 0.15) is 10.4 Å². The molecule has 4 rings (SSSR count). The van der Waals surface area contributed by atoms with Crippen LogP contribution in [-0.2, 0) is 4.74 Å². The molecule has 0 aliphatic carbocycles. The Labute approximate surface area is 187 Å². The molecule has 0 saturated carbocycles. The highest BCUT2D eigenvalue weighted by Gasteiger charge is 2.29. The number of carbonyl (C=O) groups is 1. The molecule has 3 aromatic carbocycles. The van der Waals surface area contributed by atoms with Crippen molar-refractivity contribution >= 4 is 34.6 Å². The topological polar surface area (TPSA) is 60.8 Å². The van der Waals surface area contributed by atoms with Crippen molar-refractivity contribution in [1.29, 1.82) is 0 Å². The van der Waals surface area contributed by atoms with Crippen LogP contribution < -0.4 is 20.7 Å². The minimum absolute atomic E-state index is 0.278. The molecular formula is C26H23N2O3P. The number of aromatic nitrogens is 1. The van der Waals surface area contributed by atoms with Crippen molar-refractivity contribution in [3.05, 3.63) is 109 Å². The second kappa shape index (κ2) is 9.63. The van der Waals surface area contributed by atoms with E-state index in [0.717, 1.165) is 15.9 Å². The Hall–Kier alpha value is -3.69. The van der Waals surface area contributed by atoms with Crippen molar-refractivity contribution in [3.8, 4) is 5.88 Å². The quantitative estimate of drug-likeness (QED) is 0.321. The summed E-state index contributed by atoms with van der Waals surface area (Å²) in [5.41, 5.74) is 0.693. The fourth-order valence-corrected chi connectivity index (χ4v) is 7.20. The Kier molecular flexibility index (Phi) is 6.48. The number of ether oxygens (including phenoxy) is 2. The van der Waals surface area contributed by atoms with Gasteiger partial charge in [0.15, 0.2) is 0 Å². The Morgan fingerprint density at radius 1 is 0.750 bits per heavy atom. The van der Waals surface area contributed by atoms with Gasteiger partial charge in [-0.25, -0.2) is 14.5 Å². The summed E-state index contributed by atoms with van der Waals surface area (Å²) in [6, 6.07) is 32.1. The van der Waals surface area contributed by atoms with Gasteiger partial charge in [-0.1, -0.05) is 91.0 Å². The highest BCUT2D eigenvalue weighted by molar-refractivity contribution is 7.87. The maximum atomic E-state index is 12.6. The van der Waals surface area contributed by atoms with Crippen molar-refractivity contribution in [2.24, 2.45) is 4.74 Å². The van der Waals surface area contributed by atoms with Gasteiger partial charge < -0.3 is 9.47 Å². The number of benzene rings is 3. The van der Waals surface area contributed by atoms with Crippen LogP contribution in [0, 0.1) is 0 Å². The second-order valence-electron chi connectivity index (χ2n) is 6.95. The van der Waals surface area contributed by atoms with Gasteiger partial charge in [0, 0.05) is 22.1 Å². The smallest absolute Gasteiger partial charge is 0.340 e. The van der Waals surface area contributed by atoms with Crippen LogP contribution in [0.4, 0.5) is 5.69 Å². The van der Waals surface area contributed by atoms with Gasteiger partial charge in [0.1, 0.15) is 5.69 Å². The van der Waals surface area contributed by atoms with Crippen LogP contribution in [0.25, 0.3) is 0 Å². The Balaban J connectivity index is 2.20. The lowest BCUT2D eigenvalue weighted by Gasteiger charge is -2.27. The first kappa shape index (κ1) is 21.5. The Morgan fingerprint density at radius 3 is 1.62 bits per heavy atom. The number of carbonyl (C=O) groups excluding carboxylic acids is 1. The zero-order valence-electron chi connectivity index (χ0n) is 17.9. The predicted octanol–water partition coefficient (Wildman–Crippen LogP) is 4.69. The first-order valence-corrected chi connectivity index (χ1v) is 11.9. The van der Waals surface area contributed by atoms with Gasteiger partial charge in [0.25, 0.3) is 0 Å². The van der Waals surface area contributed by atoms with Crippen LogP contribution >= 0.6 is 7.05 Å².